The first-order valence-electron chi connectivity index (χ1n) is 6.12. The third-order valence-electron chi connectivity index (χ3n) is 2.85. The van der Waals surface area contributed by atoms with Crippen molar-refractivity contribution in [2.75, 3.05) is 0 Å². The number of halogens is 2. The summed E-state index contributed by atoms with van der Waals surface area (Å²) in [5.41, 5.74) is 0.386. The first-order valence-corrected chi connectivity index (χ1v) is 6.50. The zero-order valence-electron chi connectivity index (χ0n) is 11.3. The van der Waals surface area contributed by atoms with Crippen molar-refractivity contribution in [2.45, 2.75) is 26.1 Å². The highest BCUT2D eigenvalue weighted by Crippen LogP contribution is 2.25. The Balaban J connectivity index is 2.14. The molecule has 112 valence electrons. The van der Waals surface area contributed by atoms with Gasteiger partial charge in [-0.05, 0) is 17.7 Å². The summed E-state index contributed by atoms with van der Waals surface area (Å²) in [7, 11) is 0. The van der Waals surface area contributed by atoms with E-state index in [-0.39, 0.29) is 11.4 Å². The zero-order valence-corrected chi connectivity index (χ0v) is 12.1. The van der Waals surface area contributed by atoms with E-state index in [1.807, 2.05) is 0 Å². The number of benzene rings is 1. The Hall–Kier alpha value is -1.95. The average molecular weight is 315 g/mol. The molecule has 21 heavy (non-hydrogen) atoms. The van der Waals surface area contributed by atoms with Crippen LogP contribution in [0.2, 0.25) is 5.02 Å². The van der Waals surface area contributed by atoms with E-state index >= 15 is 0 Å². The summed E-state index contributed by atoms with van der Waals surface area (Å²) in [6.45, 7) is 2.78. The molecule has 1 aliphatic heterocycles. The molecule has 0 aromatic heterocycles. The van der Waals surface area contributed by atoms with Gasteiger partial charge < -0.3 is 9.47 Å². The highest BCUT2D eigenvalue weighted by Gasteiger charge is 2.46. The second-order valence-electron chi connectivity index (χ2n) is 5.07. The van der Waals surface area contributed by atoms with Gasteiger partial charge in [0.05, 0.1) is 5.02 Å². The highest BCUT2D eigenvalue weighted by atomic mass is 35.5. The summed E-state index contributed by atoms with van der Waals surface area (Å²) >= 11 is 5.61. The summed E-state index contributed by atoms with van der Waals surface area (Å²) < 4.78 is 22.8. The number of carbonyl (C=O) groups excluding carboxylic acids is 3. The molecular formula is C14H12ClFO5. The molecule has 1 aliphatic rings. The average Bonchev–Trinajstić information content (AvgIpc) is 2.31. The maximum Gasteiger partial charge on any atom is 0.331 e. The van der Waals surface area contributed by atoms with Crippen molar-refractivity contribution in [3.63, 3.8) is 0 Å². The Kier molecular flexibility index (Phi) is 4.00. The number of hydrogen-bond acceptors (Lipinski definition) is 5. The Bertz CT molecular complexity index is 606. The van der Waals surface area contributed by atoms with Crippen LogP contribution in [0.1, 0.15) is 19.4 Å². The molecule has 0 saturated carbocycles. The minimum atomic E-state index is -1.62. The lowest BCUT2D eigenvalue weighted by Crippen LogP contribution is -2.49. The van der Waals surface area contributed by atoms with Crippen LogP contribution in [-0.2, 0) is 30.3 Å². The summed E-state index contributed by atoms with van der Waals surface area (Å²) in [6, 6.07) is 3.71. The smallest absolute Gasteiger partial charge is 0.331 e. The topological polar surface area (TPSA) is 69.7 Å². The van der Waals surface area contributed by atoms with Crippen LogP contribution in [-0.4, -0.2) is 23.5 Å². The molecule has 0 radical (unpaired) electrons. The molecule has 1 heterocycles. The van der Waals surface area contributed by atoms with Gasteiger partial charge in [0.1, 0.15) is 5.82 Å². The number of hydrogen-bond donors (Lipinski definition) is 0. The van der Waals surface area contributed by atoms with E-state index < -0.39 is 35.2 Å². The second kappa shape index (κ2) is 5.44. The van der Waals surface area contributed by atoms with Gasteiger partial charge >= 0.3 is 11.9 Å². The van der Waals surface area contributed by atoms with Crippen LogP contribution < -0.4 is 0 Å². The molecule has 0 atom stereocenters. The fourth-order valence-corrected chi connectivity index (χ4v) is 2.14. The van der Waals surface area contributed by atoms with Crippen molar-refractivity contribution in [2.24, 2.45) is 5.92 Å². The van der Waals surface area contributed by atoms with Gasteiger partial charge in [0.15, 0.2) is 5.78 Å². The van der Waals surface area contributed by atoms with Crippen molar-refractivity contribution in [3.05, 3.63) is 34.6 Å². The third kappa shape index (κ3) is 3.39. The van der Waals surface area contributed by atoms with Gasteiger partial charge in [-0.3, -0.25) is 14.4 Å². The van der Waals surface area contributed by atoms with Gasteiger partial charge in [-0.25, -0.2) is 4.39 Å². The summed E-state index contributed by atoms with van der Waals surface area (Å²) in [4.78, 5) is 35.5. The number of ether oxygens (including phenoxy) is 2. The van der Waals surface area contributed by atoms with E-state index in [1.54, 1.807) is 0 Å². The summed E-state index contributed by atoms with van der Waals surface area (Å²) in [5.74, 6) is -6.22. The van der Waals surface area contributed by atoms with Gasteiger partial charge in [-0.2, -0.15) is 0 Å². The van der Waals surface area contributed by atoms with Gasteiger partial charge in [-0.15, -0.1) is 0 Å². The van der Waals surface area contributed by atoms with E-state index in [1.165, 1.54) is 26.0 Å². The monoisotopic (exact) mass is 314 g/mol. The summed E-state index contributed by atoms with van der Waals surface area (Å²) in [6.07, 6.45) is -0.255. The van der Waals surface area contributed by atoms with E-state index in [9.17, 15) is 18.8 Å². The Morgan fingerprint density at radius 3 is 2.38 bits per heavy atom. The Labute approximate surface area is 125 Å². The number of rotatable bonds is 3. The van der Waals surface area contributed by atoms with E-state index in [2.05, 4.69) is 0 Å². The second-order valence-corrected chi connectivity index (χ2v) is 5.47. The fourth-order valence-electron chi connectivity index (χ4n) is 1.94. The van der Waals surface area contributed by atoms with Gasteiger partial charge in [-0.1, -0.05) is 17.7 Å². The number of esters is 2. The highest BCUT2D eigenvalue weighted by molar-refractivity contribution is 6.30. The molecule has 2 rings (SSSR count). The third-order valence-corrected chi connectivity index (χ3v) is 3.14. The lowest BCUT2D eigenvalue weighted by Gasteiger charge is -2.32. The van der Waals surface area contributed by atoms with Gasteiger partial charge in [0.25, 0.3) is 5.79 Å². The molecule has 0 N–H and O–H groups in total. The molecule has 0 unspecified atom stereocenters. The van der Waals surface area contributed by atoms with Crippen molar-refractivity contribution >= 4 is 29.3 Å². The molecule has 7 heteroatoms. The standard InChI is InChI=1S/C14H12ClFO5/c1-14(2)20-12(18)11(13(19)21-14)10(17)6-7-3-4-9(16)8(15)5-7/h3-5,11H,6H2,1-2H3. The molecule has 0 bridgehead atoms. The van der Waals surface area contributed by atoms with E-state index in [0.29, 0.717) is 5.56 Å². The van der Waals surface area contributed by atoms with E-state index in [0.717, 1.165) is 6.07 Å². The lowest BCUT2D eigenvalue weighted by molar-refractivity contribution is -0.238. The molecule has 0 amide bonds. The maximum atomic E-state index is 13.0. The Morgan fingerprint density at radius 1 is 1.29 bits per heavy atom. The SMILES string of the molecule is CC1(C)OC(=O)C(C(=O)Cc2ccc(F)c(Cl)c2)C(=O)O1. The van der Waals surface area contributed by atoms with E-state index in [4.69, 9.17) is 21.1 Å². The Morgan fingerprint density at radius 2 is 1.86 bits per heavy atom. The molecule has 1 aromatic carbocycles. The van der Waals surface area contributed by atoms with Crippen LogP contribution in [0.5, 0.6) is 0 Å². The van der Waals surface area contributed by atoms with Crippen LogP contribution in [0, 0.1) is 11.7 Å². The molecule has 5 nitrogen and oxygen atoms in total. The van der Waals surface area contributed by atoms with Crippen molar-refractivity contribution in [1.82, 2.24) is 0 Å². The molecule has 1 saturated heterocycles. The van der Waals surface area contributed by atoms with Crippen molar-refractivity contribution in [3.8, 4) is 0 Å². The predicted molar refractivity (Wildman–Crippen MR) is 69.9 cm³/mol. The van der Waals surface area contributed by atoms with Crippen LogP contribution in [0.25, 0.3) is 0 Å². The van der Waals surface area contributed by atoms with Gasteiger partial charge in [0, 0.05) is 20.3 Å². The first kappa shape index (κ1) is 15.4. The van der Waals surface area contributed by atoms with Crippen LogP contribution in [0.3, 0.4) is 0 Å². The number of Topliss-reactive ketones (excluding diaryl/α,β-unsaturated/α-hetero) is 1. The quantitative estimate of drug-likeness (QED) is 0.631. The molecule has 1 fully saturated rings. The van der Waals surface area contributed by atoms with Gasteiger partial charge in [0.2, 0.25) is 5.92 Å². The molecule has 1 aromatic rings. The molecule has 0 aliphatic carbocycles. The predicted octanol–water partition coefficient (Wildman–Crippen LogP) is 2.04. The van der Waals surface area contributed by atoms with Crippen molar-refractivity contribution in [1.29, 1.82) is 0 Å². The lowest BCUT2D eigenvalue weighted by atomic mass is 9.97. The van der Waals surface area contributed by atoms with Crippen LogP contribution >= 0.6 is 11.6 Å². The number of carbonyl (C=O) groups is 3. The fraction of sp³-hybridized carbons (Fsp3) is 0.357. The minimum absolute atomic E-state index is 0.143. The number of cyclic esters (lactones) is 2. The first-order chi connectivity index (χ1) is 9.69. The normalized spacial score (nSPS) is 18.1. The largest absolute Gasteiger partial charge is 0.422 e. The number of ketones is 1. The van der Waals surface area contributed by atoms with Crippen LogP contribution in [0.4, 0.5) is 4.39 Å². The summed E-state index contributed by atoms with van der Waals surface area (Å²) in [5, 5.41) is -0.143. The molecule has 0 spiro atoms. The molecular weight excluding hydrogens is 303 g/mol. The van der Waals surface area contributed by atoms with Crippen molar-refractivity contribution < 1.29 is 28.2 Å². The van der Waals surface area contributed by atoms with Crippen LogP contribution in [0.15, 0.2) is 18.2 Å². The maximum absolute atomic E-state index is 13.0. The minimum Gasteiger partial charge on any atom is -0.422 e. The zero-order chi connectivity index (χ0) is 15.8.